The highest BCUT2D eigenvalue weighted by atomic mass is 32.1. The third-order valence-corrected chi connectivity index (χ3v) is 4.80. The van der Waals surface area contributed by atoms with Crippen LogP contribution in [0.1, 0.15) is 23.0 Å². The molecule has 2 aromatic rings. The lowest BCUT2D eigenvalue weighted by molar-refractivity contribution is 0.0566. The molecule has 2 N–H and O–H groups in total. The molecule has 1 aromatic carbocycles. The summed E-state index contributed by atoms with van der Waals surface area (Å²) in [6.45, 7) is 3.83. The summed E-state index contributed by atoms with van der Waals surface area (Å²) >= 11 is 1.32. The van der Waals surface area contributed by atoms with Crippen LogP contribution in [0.4, 0.5) is 10.1 Å². The number of halogens is 1. The summed E-state index contributed by atoms with van der Waals surface area (Å²) in [5.74, 6) is -0.436. The number of nitrogens with zero attached hydrogens (tertiary/aromatic N) is 1. The van der Waals surface area contributed by atoms with Gasteiger partial charge in [-0.05, 0) is 31.5 Å². The molecule has 0 bridgehead atoms. The van der Waals surface area contributed by atoms with Crippen LogP contribution in [-0.2, 0) is 4.74 Å². The van der Waals surface area contributed by atoms with E-state index in [1.165, 1.54) is 23.5 Å². The van der Waals surface area contributed by atoms with Crippen molar-refractivity contribution in [1.29, 1.82) is 0 Å². The van der Waals surface area contributed by atoms with Gasteiger partial charge >= 0.3 is 0 Å². The standard InChI is InChI=1S/C15H17FN2O2S/c1-9-8-18(5-2-6-20-9)15(19)14-13(17)11-7-10(16)3-4-12(11)21-14/h3-4,7,9H,2,5-6,8,17H2,1H3. The Morgan fingerprint density at radius 3 is 3.14 bits per heavy atom. The maximum atomic E-state index is 13.3. The molecule has 21 heavy (non-hydrogen) atoms. The quantitative estimate of drug-likeness (QED) is 0.881. The van der Waals surface area contributed by atoms with Crippen molar-refractivity contribution < 1.29 is 13.9 Å². The molecular weight excluding hydrogens is 291 g/mol. The molecule has 0 saturated carbocycles. The SMILES string of the molecule is CC1CN(C(=O)c2sc3ccc(F)cc3c2N)CCCO1. The summed E-state index contributed by atoms with van der Waals surface area (Å²) in [6.07, 6.45) is 0.833. The van der Waals surface area contributed by atoms with Gasteiger partial charge in [0.1, 0.15) is 10.7 Å². The third-order valence-electron chi connectivity index (χ3n) is 3.62. The molecule has 2 heterocycles. The number of amides is 1. The lowest BCUT2D eigenvalue weighted by atomic mass is 10.2. The van der Waals surface area contributed by atoms with Crippen LogP contribution in [0.5, 0.6) is 0 Å². The Morgan fingerprint density at radius 2 is 2.33 bits per heavy atom. The molecule has 3 rings (SSSR count). The van der Waals surface area contributed by atoms with Crippen molar-refractivity contribution in [1.82, 2.24) is 4.90 Å². The van der Waals surface area contributed by atoms with E-state index in [9.17, 15) is 9.18 Å². The molecule has 6 heteroatoms. The van der Waals surface area contributed by atoms with Gasteiger partial charge in [0.05, 0.1) is 11.8 Å². The minimum atomic E-state index is -0.345. The molecule has 1 unspecified atom stereocenters. The number of rotatable bonds is 1. The van der Waals surface area contributed by atoms with Gasteiger partial charge in [-0.15, -0.1) is 11.3 Å². The van der Waals surface area contributed by atoms with Crippen molar-refractivity contribution in [2.24, 2.45) is 0 Å². The molecular formula is C15H17FN2O2S. The Balaban J connectivity index is 1.95. The molecule has 1 saturated heterocycles. The fraction of sp³-hybridized carbons (Fsp3) is 0.400. The third kappa shape index (κ3) is 2.73. The lowest BCUT2D eigenvalue weighted by Crippen LogP contribution is -2.35. The molecule has 0 spiro atoms. The van der Waals surface area contributed by atoms with Gasteiger partial charge in [0, 0.05) is 29.8 Å². The van der Waals surface area contributed by atoms with E-state index < -0.39 is 0 Å². The first-order valence-corrected chi connectivity index (χ1v) is 7.76. The number of thiophene rings is 1. The molecule has 1 atom stereocenters. The second-order valence-corrected chi connectivity index (χ2v) is 6.32. The summed E-state index contributed by atoms with van der Waals surface area (Å²) in [4.78, 5) is 14.9. The number of fused-ring (bicyclic) bond motifs is 1. The van der Waals surface area contributed by atoms with E-state index in [1.54, 1.807) is 11.0 Å². The normalized spacial score (nSPS) is 19.7. The Morgan fingerprint density at radius 1 is 1.52 bits per heavy atom. The zero-order chi connectivity index (χ0) is 15.0. The van der Waals surface area contributed by atoms with Crippen LogP contribution in [0.15, 0.2) is 18.2 Å². The highest BCUT2D eigenvalue weighted by Gasteiger charge is 2.25. The van der Waals surface area contributed by atoms with Crippen molar-refractivity contribution in [2.45, 2.75) is 19.4 Å². The molecule has 0 aliphatic carbocycles. The van der Waals surface area contributed by atoms with Crippen LogP contribution in [-0.4, -0.2) is 36.6 Å². The summed E-state index contributed by atoms with van der Waals surface area (Å²) in [6, 6.07) is 4.43. The number of carbonyl (C=O) groups is 1. The second-order valence-electron chi connectivity index (χ2n) is 5.27. The maximum Gasteiger partial charge on any atom is 0.266 e. The van der Waals surface area contributed by atoms with Crippen molar-refractivity contribution in [3.05, 3.63) is 28.9 Å². The number of nitrogen functional groups attached to an aromatic ring is 1. The molecule has 1 aliphatic heterocycles. The highest BCUT2D eigenvalue weighted by molar-refractivity contribution is 7.21. The highest BCUT2D eigenvalue weighted by Crippen LogP contribution is 2.35. The van der Waals surface area contributed by atoms with E-state index in [-0.39, 0.29) is 17.8 Å². The van der Waals surface area contributed by atoms with Crippen LogP contribution in [0.25, 0.3) is 10.1 Å². The van der Waals surface area contributed by atoms with Crippen molar-refractivity contribution >= 4 is 33.0 Å². The predicted octanol–water partition coefficient (Wildman–Crippen LogP) is 2.87. The first-order valence-electron chi connectivity index (χ1n) is 6.94. The van der Waals surface area contributed by atoms with E-state index in [2.05, 4.69) is 0 Å². The number of hydrogen-bond acceptors (Lipinski definition) is 4. The van der Waals surface area contributed by atoms with E-state index in [1.807, 2.05) is 6.92 Å². The van der Waals surface area contributed by atoms with Gasteiger partial charge in [-0.3, -0.25) is 4.79 Å². The zero-order valence-corrected chi connectivity index (χ0v) is 12.6. The number of nitrogens with two attached hydrogens (primary N) is 1. The van der Waals surface area contributed by atoms with Gasteiger partial charge in [-0.1, -0.05) is 0 Å². The summed E-state index contributed by atoms with van der Waals surface area (Å²) in [5, 5.41) is 0.613. The number of carbonyl (C=O) groups excluding carboxylic acids is 1. The largest absolute Gasteiger partial charge is 0.397 e. The molecule has 1 aromatic heterocycles. The number of hydrogen-bond donors (Lipinski definition) is 1. The average Bonchev–Trinajstić information content (AvgIpc) is 2.64. The van der Waals surface area contributed by atoms with Crippen LogP contribution < -0.4 is 5.73 Å². The summed E-state index contributed by atoms with van der Waals surface area (Å²) in [5.41, 5.74) is 6.43. The fourth-order valence-electron chi connectivity index (χ4n) is 2.57. The smallest absolute Gasteiger partial charge is 0.266 e. The number of benzene rings is 1. The minimum Gasteiger partial charge on any atom is -0.397 e. The second kappa shape index (κ2) is 5.61. The van der Waals surface area contributed by atoms with Crippen molar-refractivity contribution in [3.63, 3.8) is 0 Å². The monoisotopic (exact) mass is 308 g/mol. The van der Waals surface area contributed by atoms with Gasteiger partial charge in [-0.2, -0.15) is 0 Å². The van der Waals surface area contributed by atoms with Crippen LogP contribution >= 0.6 is 11.3 Å². The molecule has 0 radical (unpaired) electrons. The first-order chi connectivity index (χ1) is 10.1. The van der Waals surface area contributed by atoms with Gasteiger partial charge in [0.2, 0.25) is 0 Å². The Bertz CT molecular complexity index is 686. The summed E-state index contributed by atoms with van der Waals surface area (Å²) < 4.78 is 19.7. The molecule has 4 nitrogen and oxygen atoms in total. The van der Waals surface area contributed by atoms with Crippen LogP contribution in [0, 0.1) is 5.82 Å². The van der Waals surface area contributed by atoms with Gasteiger partial charge < -0.3 is 15.4 Å². The van der Waals surface area contributed by atoms with E-state index in [0.717, 1.165) is 11.1 Å². The Labute approximate surface area is 126 Å². The molecule has 1 fully saturated rings. The fourth-order valence-corrected chi connectivity index (χ4v) is 3.64. The molecule has 112 valence electrons. The zero-order valence-electron chi connectivity index (χ0n) is 11.8. The Hall–Kier alpha value is -1.66. The Kier molecular flexibility index (Phi) is 3.82. The minimum absolute atomic E-state index is 0.0181. The van der Waals surface area contributed by atoms with Crippen LogP contribution in [0.3, 0.4) is 0 Å². The van der Waals surface area contributed by atoms with E-state index in [4.69, 9.17) is 10.5 Å². The summed E-state index contributed by atoms with van der Waals surface area (Å²) in [7, 11) is 0. The van der Waals surface area contributed by atoms with Gasteiger partial charge in [0.25, 0.3) is 5.91 Å². The lowest BCUT2D eigenvalue weighted by Gasteiger charge is -2.21. The van der Waals surface area contributed by atoms with Crippen molar-refractivity contribution in [3.8, 4) is 0 Å². The first kappa shape index (κ1) is 14.3. The number of anilines is 1. The van der Waals surface area contributed by atoms with Gasteiger partial charge in [-0.25, -0.2) is 4.39 Å². The molecule has 1 amide bonds. The number of ether oxygens (including phenoxy) is 1. The molecule has 1 aliphatic rings. The average molecular weight is 308 g/mol. The topological polar surface area (TPSA) is 55.6 Å². The van der Waals surface area contributed by atoms with E-state index in [0.29, 0.717) is 35.6 Å². The van der Waals surface area contributed by atoms with E-state index >= 15 is 0 Å². The predicted molar refractivity (Wildman–Crippen MR) is 82.1 cm³/mol. The van der Waals surface area contributed by atoms with Crippen molar-refractivity contribution in [2.75, 3.05) is 25.4 Å². The maximum absolute atomic E-state index is 13.3. The van der Waals surface area contributed by atoms with Gasteiger partial charge in [0.15, 0.2) is 0 Å². The van der Waals surface area contributed by atoms with Crippen LogP contribution in [0.2, 0.25) is 0 Å².